The molecular weight excluding hydrogens is 264 g/mol. The summed E-state index contributed by atoms with van der Waals surface area (Å²) >= 11 is 0. The Bertz CT molecular complexity index is 546. The summed E-state index contributed by atoms with van der Waals surface area (Å²) in [5, 5.41) is 0. The second-order valence-corrected chi connectivity index (χ2v) is 4.72. The lowest BCUT2D eigenvalue weighted by molar-refractivity contribution is -0.143. The number of carbonyl (C=O) groups excluding carboxylic acids is 1. The molecule has 0 saturated heterocycles. The number of esters is 1. The number of aryl methyl sites for hydroxylation is 1. The third kappa shape index (κ3) is 5.30. The van der Waals surface area contributed by atoms with Crippen LogP contribution in [0.1, 0.15) is 25.3 Å². The average molecular weight is 284 g/mol. The molecule has 2 aromatic rings. The van der Waals surface area contributed by atoms with Crippen LogP contribution in [0.5, 0.6) is 11.5 Å². The Morgan fingerprint density at radius 3 is 2.29 bits per heavy atom. The second kappa shape index (κ2) is 8.10. The van der Waals surface area contributed by atoms with E-state index in [1.807, 2.05) is 61.5 Å². The summed E-state index contributed by atoms with van der Waals surface area (Å²) in [7, 11) is 0. The highest BCUT2D eigenvalue weighted by molar-refractivity contribution is 5.69. The summed E-state index contributed by atoms with van der Waals surface area (Å²) in [6, 6.07) is 17.7. The van der Waals surface area contributed by atoms with Gasteiger partial charge in [0.2, 0.25) is 0 Å². The van der Waals surface area contributed by atoms with E-state index < -0.39 is 0 Å². The van der Waals surface area contributed by atoms with E-state index in [4.69, 9.17) is 9.47 Å². The zero-order chi connectivity index (χ0) is 14.9. The number of benzene rings is 2. The van der Waals surface area contributed by atoms with Gasteiger partial charge in [-0.2, -0.15) is 0 Å². The van der Waals surface area contributed by atoms with Gasteiger partial charge in [-0.05, 0) is 49.6 Å². The topological polar surface area (TPSA) is 35.5 Å². The Kier molecular flexibility index (Phi) is 5.83. The van der Waals surface area contributed by atoms with E-state index in [-0.39, 0.29) is 5.97 Å². The fourth-order valence-corrected chi connectivity index (χ4v) is 2.02. The molecule has 0 fully saturated rings. The monoisotopic (exact) mass is 284 g/mol. The maximum atomic E-state index is 11.2. The molecule has 0 radical (unpaired) electrons. The van der Waals surface area contributed by atoms with Crippen LogP contribution in [-0.2, 0) is 16.0 Å². The zero-order valence-electron chi connectivity index (χ0n) is 12.2. The summed E-state index contributed by atoms with van der Waals surface area (Å²) in [5.74, 6) is 1.52. The van der Waals surface area contributed by atoms with E-state index in [0.29, 0.717) is 13.0 Å². The summed E-state index contributed by atoms with van der Waals surface area (Å²) in [6.07, 6.45) is 2.14. The Labute approximate surface area is 125 Å². The second-order valence-electron chi connectivity index (χ2n) is 4.72. The molecule has 0 spiro atoms. The molecule has 0 aliphatic rings. The number of ether oxygens (including phenoxy) is 2. The molecule has 110 valence electrons. The predicted octanol–water partition coefficient (Wildman–Crippen LogP) is 4.36. The molecule has 0 bridgehead atoms. The van der Waals surface area contributed by atoms with E-state index in [1.165, 1.54) is 5.56 Å². The van der Waals surface area contributed by atoms with Crippen LogP contribution >= 0.6 is 0 Å². The molecule has 0 saturated carbocycles. The minimum atomic E-state index is -0.124. The van der Waals surface area contributed by atoms with Crippen LogP contribution in [0, 0.1) is 0 Å². The summed E-state index contributed by atoms with van der Waals surface area (Å²) < 4.78 is 10.6. The number of hydrogen-bond acceptors (Lipinski definition) is 3. The van der Waals surface area contributed by atoms with Gasteiger partial charge in [0.15, 0.2) is 0 Å². The van der Waals surface area contributed by atoms with Crippen LogP contribution in [0.25, 0.3) is 0 Å². The van der Waals surface area contributed by atoms with Crippen molar-refractivity contribution < 1.29 is 14.3 Å². The van der Waals surface area contributed by atoms with Gasteiger partial charge >= 0.3 is 5.97 Å². The average Bonchev–Trinajstić information content (AvgIpc) is 2.50. The van der Waals surface area contributed by atoms with Crippen molar-refractivity contribution in [3.8, 4) is 11.5 Å². The number of hydrogen-bond donors (Lipinski definition) is 0. The van der Waals surface area contributed by atoms with Gasteiger partial charge in [0, 0.05) is 6.42 Å². The zero-order valence-corrected chi connectivity index (χ0v) is 12.2. The normalized spacial score (nSPS) is 10.1. The lowest BCUT2D eigenvalue weighted by atomic mass is 10.1. The van der Waals surface area contributed by atoms with Crippen molar-refractivity contribution in [1.82, 2.24) is 0 Å². The van der Waals surface area contributed by atoms with Crippen LogP contribution < -0.4 is 4.74 Å². The first-order chi connectivity index (χ1) is 10.3. The highest BCUT2D eigenvalue weighted by atomic mass is 16.5. The molecule has 2 rings (SSSR count). The van der Waals surface area contributed by atoms with Crippen molar-refractivity contribution in [2.24, 2.45) is 0 Å². The van der Waals surface area contributed by atoms with E-state index in [9.17, 15) is 4.79 Å². The van der Waals surface area contributed by atoms with Gasteiger partial charge in [0.05, 0.1) is 6.61 Å². The molecule has 0 aliphatic heterocycles. The first-order valence-electron chi connectivity index (χ1n) is 7.25. The van der Waals surface area contributed by atoms with Crippen molar-refractivity contribution in [1.29, 1.82) is 0 Å². The van der Waals surface area contributed by atoms with E-state index in [1.54, 1.807) is 0 Å². The van der Waals surface area contributed by atoms with Crippen molar-refractivity contribution in [2.45, 2.75) is 26.2 Å². The van der Waals surface area contributed by atoms with Gasteiger partial charge in [-0.1, -0.05) is 30.3 Å². The molecule has 3 heteroatoms. The molecule has 0 aromatic heterocycles. The van der Waals surface area contributed by atoms with E-state index in [2.05, 4.69) is 0 Å². The molecule has 0 N–H and O–H groups in total. The van der Waals surface area contributed by atoms with Crippen LogP contribution in [-0.4, -0.2) is 12.6 Å². The Hall–Kier alpha value is -2.29. The number of para-hydroxylation sites is 1. The largest absolute Gasteiger partial charge is 0.466 e. The molecule has 21 heavy (non-hydrogen) atoms. The molecule has 0 aliphatic carbocycles. The summed E-state index contributed by atoms with van der Waals surface area (Å²) in [4.78, 5) is 11.2. The van der Waals surface area contributed by atoms with Crippen LogP contribution in [0.15, 0.2) is 54.6 Å². The van der Waals surface area contributed by atoms with Gasteiger partial charge in [-0.3, -0.25) is 4.79 Å². The Morgan fingerprint density at radius 2 is 1.62 bits per heavy atom. The number of carbonyl (C=O) groups is 1. The maximum Gasteiger partial charge on any atom is 0.305 e. The Balaban J connectivity index is 1.80. The van der Waals surface area contributed by atoms with Gasteiger partial charge in [0.1, 0.15) is 11.5 Å². The molecule has 2 aromatic carbocycles. The fourth-order valence-electron chi connectivity index (χ4n) is 2.02. The van der Waals surface area contributed by atoms with Crippen LogP contribution in [0.2, 0.25) is 0 Å². The van der Waals surface area contributed by atoms with Crippen LogP contribution in [0.4, 0.5) is 0 Å². The highest BCUT2D eigenvalue weighted by Crippen LogP contribution is 2.21. The quantitative estimate of drug-likeness (QED) is 0.708. The SMILES string of the molecule is CCOC(=O)CCCc1ccc(Oc2ccccc2)cc1. The standard InChI is InChI=1S/C18H20O3/c1-2-20-18(19)10-6-7-15-11-13-17(14-12-15)21-16-8-4-3-5-9-16/h3-5,8-9,11-14H,2,6-7,10H2,1H3. The fraction of sp³-hybridized carbons (Fsp3) is 0.278. The Morgan fingerprint density at radius 1 is 0.952 bits per heavy atom. The van der Waals surface area contributed by atoms with Crippen molar-refractivity contribution >= 4 is 5.97 Å². The first kappa shape index (κ1) is 15.1. The minimum absolute atomic E-state index is 0.124. The molecular formula is C18H20O3. The van der Waals surface area contributed by atoms with E-state index in [0.717, 1.165) is 24.3 Å². The van der Waals surface area contributed by atoms with Crippen LogP contribution in [0.3, 0.4) is 0 Å². The molecule has 3 nitrogen and oxygen atoms in total. The van der Waals surface area contributed by atoms with Gasteiger partial charge in [0.25, 0.3) is 0 Å². The third-order valence-electron chi connectivity index (χ3n) is 3.05. The van der Waals surface area contributed by atoms with Gasteiger partial charge in [-0.15, -0.1) is 0 Å². The smallest absolute Gasteiger partial charge is 0.305 e. The predicted molar refractivity (Wildman–Crippen MR) is 82.5 cm³/mol. The molecule has 0 amide bonds. The third-order valence-corrected chi connectivity index (χ3v) is 3.05. The molecule has 0 atom stereocenters. The maximum absolute atomic E-state index is 11.2. The molecule has 0 heterocycles. The van der Waals surface area contributed by atoms with Gasteiger partial charge in [-0.25, -0.2) is 0 Å². The minimum Gasteiger partial charge on any atom is -0.466 e. The summed E-state index contributed by atoms with van der Waals surface area (Å²) in [5.41, 5.74) is 1.19. The summed E-state index contributed by atoms with van der Waals surface area (Å²) in [6.45, 7) is 2.27. The molecule has 0 unspecified atom stereocenters. The van der Waals surface area contributed by atoms with Crippen molar-refractivity contribution in [3.63, 3.8) is 0 Å². The number of rotatable bonds is 7. The first-order valence-corrected chi connectivity index (χ1v) is 7.25. The van der Waals surface area contributed by atoms with E-state index >= 15 is 0 Å². The van der Waals surface area contributed by atoms with Crippen molar-refractivity contribution in [3.05, 3.63) is 60.2 Å². The van der Waals surface area contributed by atoms with Gasteiger partial charge < -0.3 is 9.47 Å². The van der Waals surface area contributed by atoms with Crippen molar-refractivity contribution in [2.75, 3.05) is 6.61 Å². The lowest BCUT2D eigenvalue weighted by Crippen LogP contribution is -2.03. The highest BCUT2D eigenvalue weighted by Gasteiger charge is 2.02. The lowest BCUT2D eigenvalue weighted by Gasteiger charge is -2.07.